The van der Waals surface area contributed by atoms with Gasteiger partial charge in [0.25, 0.3) is 0 Å². The summed E-state index contributed by atoms with van der Waals surface area (Å²) in [4.78, 5) is 0. The molecule has 1 saturated carbocycles. The van der Waals surface area contributed by atoms with Crippen LogP contribution in [0, 0.1) is 5.92 Å². The molecule has 4 heteroatoms. The zero-order valence-corrected chi connectivity index (χ0v) is 13.4. The zero-order chi connectivity index (χ0) is 15.1. The van der Waals surface area contributed by atoms with Gasteiger partial charge in [-0.3, -0.25) is 0 Å². The predicted molar refractivity (Wildman–Crippen MR) is 83.9 cm³/mol. The molecule has 0 aromatic heterocycles. The van der Waals surface area contributed by atoms with Crippen molar-refractivity contribution in [3.8, 4) is 11.5 Å². The second kappa shape index (κ2) is 8.25. The van der Waals surface area contributed by atoms with E-state index in [1.54, 1.807) is 7.11 Å². The molecule has 0 aliphatic heterocycles. The van der Waals surface area contributed by atoms with Crippen LogP contribution in [0.1, 0.15) is 44.7 Å². The minimum absolute atomic E-state index is 0.288. The third-order valence-corrected chi connectivity index (χ3v) is 3.74. The average Bonchev–Trinajstić information content (AvgIpc) is 3.33. The largest absolute Gasteiger partial charge is 0.493 e. The Morgan fingerprint density at radius 3 is 2.76 bits per heavy atom. The van der Waals surface area contributed by atoms with Crippen molar-refractivity contribution >= 4 is 0 Å². The highest BCUT2D eigenvalue weighted by atomic mass is 16.7. The summed E-state index contributed by atoms with van der Waals surface area (Å²) >= 11 is 0. The summed E-state index contributed by atoms with van der Waals surface area (Å²) in [6, 6.07) is 6.37. The molecule has 0 radical (unpaired) electrons. The highest BCUT2D eigenvalue weighted by Crippen LogP contribution is 2.31. The van der Waals surface area contributed by atoms with Gasteiger partial charge >= 0.3 is 0 Å². The Morgan fingerprint density at radius 2 is 2.10 bits per heavy atom. The molecule has 1 atom stereocenters. The lowest BCUT2D eigenvalue weighted by Crippen LogP contribution is -2.19. The first-order valence-electron chi connectivity index (χ1n) is 7.86. The molecule has 0 spiro atoms. The summed E-state index contributed by atoms with van der Waals surface area (Å²) in [6.45, 7) is 6.42. The van der Waals surface area contributed by atoms with Crippen LogP contribution in [0.3, 0.4) is 0 Å². The fraction of sp³-hybridized carbons (Fsp3) is 0.647. The maximum absolute atomic E-state index is 5.65. The number of benzene rings is 1. The van der Waals surface area contributed by atoms with Crippen LogP contribution < -0.4 is 14.8 Å². The predicted octanol–water partition coefficient (Wildman–Crippen LogP) is 3.52. The number of ether oxygens (including phenoxy) is 3. The summed E-state index contributed by atoms with van der Waals surface area (Å²) in [5.74, 6) is 2.25. The number of methoxy groups -OCH3 is 1. The molecule has 1 fully saturated rings. The molecule has 1 aliphatic rings. The van der Waals surface area contributed by atoms with Gasteiger partial charge in [-0.1, -0.05) is 13.0 Å². The van der Waals surface area contributed by atoms with Crippen LogP contribution in [-0.4, -0.2) is 27.1 Å². The van der Waals surface area contributed by atoms with Crippen molar-refractivity contribution < 1.29 is 14.2 Å². The van der Waals surface area contributed by atoms with E-state index in [9.17, 15) is 0 Å². The van der Waals surface area contributed by atoms with Gasteiger partial charge in [0.15, 0.2) is 18.3 Å². The van der Waals surface area contributed by atoms with Crippen molar-refractivity contribution in [1.82, 2.24) is 5.32 Å². The molecule has 1 aliphatic carbocycles. The van der Waals surface area contributed by atoms with E-state index < -0.39 is 0 Å². The van der Waals surface area contributed by atoms with Crippen LogP contribution in [0.2, 0.25) is 0 Å². The third-order valence-electron chi connectivity index (χ3n) is 3.74. The first-order valence-corrected chi connectivity index (χ1v) is 7.86. The van der Waals surface area contributed by atoms with E-state index in [-0.39, 0.29) is 6.79 Å². The van der Waals surface area contributed by atoms with Gasteiger partial charge in [-0.2, -0.15) is 0 Å². The Balaban J connectivity index is 1.88. The molecule has 1 aromatic rings. The van der Waals surface area contributed by atoms with E-state index in [4.69, 9.17) is 14.2 Å². The minimum Gasteiger partial charge on any atom is -0.493 e. The van der Waals surface area contributed by atoms with E-state index in [1.165, 1.54) is 18.4 Å². The quantitative estimate of drug-likeness (QED) is 0.529. The Labute approximate surface area is 127 Å². The van der Waals surface area contributed by atoms with Gasteiger partial charge in [-0.25, -0.2) is 0 Å². The number of rotatable bonds is 10. The molecule has 0 saturated heterocycles. The fourth-order valence-corrected chi connectivity index (χ4v) is 2.16. The normalized spacial score (nSPS) is 15.8. The van der Waals surface area contributed by atoms with E-state index in [0.29, 0.717) is 6.04 Å². The summed E-state index contributed by atoms with van der Waals surface area (Å²) in [5.41, 5.74) is 1.20. The fourth-order valence-electron chi connectivity index (χ4n) is 2.16. The van der Waals surface area contributed by atoms with E-state index >= 15 is 0 Å². The Bertz CT molecular complexity index is 432. The van der Waals surface area contributed by atoms with Crippen molar-refractivity contribution in [2.75, 3.05) is 27.1 Å². The highest BCUT2D eigenvalue weighted by molar-refractivity contribution is 5.43. The van der Waals surface area contributed by atoms with Gasteiger partial charge in [0.1, 0.15) is 0 Å². The van der Waals surface area contributed by atoms with Crippen molar-refractivity contribution in [2.45, 2.75) is 39.2 Å². The Hall–Kier alpha value is -1.26. The minimum atomic E-state index is 0.288. The van der Waals surface area contributed by atoms with Gasteiger partial charge in [-0.05, 0) is 56.3 Å². The Morgan fingerprint density at radius 1 is 1.29 bits per heavy atom. The van der Waals surface area contributed by atoms with Gasteiger partial charge in [-0.15, -0.1) is 0 Å². The lowest BCUT2D eigenvalue weighted by atomic mass is 10.1. The standard InChI is InChI=1S/C17H27NO3/c1-4-9-18-13(2)15-7-8-16(17(10-15)19-3)21-12-20-11-14-5-6-14/h7-8,10,13-14,18H,4-6,9,11-12H2,1-3H3. The number of hydrogen-bond donors (Lipinski definition) is 1. The van der Waals surface area contributed by atoms with E-state index in [0.717, 1.165) is 37.0 Å². The van der Waals surface area contributed by atoms with Crippen LogP contribution in [0.4, 0.5) is 0 Å². The molecular weight excluding hydrogens is 266 g/mol. The molecule has 1 N–H and O–H groups in total. The van der Waals surface area contributed by atoms with E-state index in [1.807, 2.05) is 12.1 Å². The SMILES string of the molecule is CCCNC(C)c1ccc(OCOCC2CC2)c(OC)c1. The van der Waals surface area contributed by atoms with Crippen molar-refractivity contribution in [3.05, 3.63) is 23.8 Å². The highest BCUT2D eigenvalue weighted by Gasteiger charge is 2.21. The van der Waals surface area contributed by atoms with Crippen LogP contribution >= 0.6 is 0 Å². The first kappa shape index (κ1) is 16.1. The lowest BCUT2D eigenvalue weighted by Gasteiger charge is -2.17. The maximum Gasteiger partial charge on any atom is 0.189 e. The smallest absolute Gasteiger partial charge is 0.189 e. The van der Waals surface area contributed by atoms with Crippen LogP contribution in [0.25, 0.3) is 0 Å². The van der Waals surface area contributed by atoms with Crippen molar-refractivity contribution in [1.29, 1.82) is 0 Å². The topological polar surface area (TPSA) is 39.7 Å². The number of hydrogen-bond acceptors (Lipinski definition) is 4. The molecule has 0 bridgehead atoms. The molecule has 0 heterocycles. The second-order valence-electron chi connectivity index (χ2n) is 5.66. The second-order valence-corrected chi connectivity index (χ2v) is 5.66. The summed E-state index contributed by atoms with van der Waals surface area (Å²) in [7, 11) is 1.67. The maximum atomic E-state index is 5.65. The molecular formula is C17H27NO3. The van der Waals surface area contributed by atoms with Crippen LogP contribution in [0.5, 0.6) is 11.5 Å². The molecule has 1 aromatic carbocycles. The van der Waals surface area contributed by atoms with Gasteiger partial charge < -0.3 is 19.5 Å². The van der Waals surface area contributed by atoms with Crippen molar-refractivity contribution in [3.63, 3.8) is 0 Å². The number of nitrogens with one attached hydrogen (secondary N) is 1. The summed E-state index contributed by atoms with van der Waals surface area (Å²) < 4.78 is 16.6. The van der Waals surface area contributed by atoms with Crippen LogP contribution in [0.15, 0.2) is 18.2 Å². The molecule has 4 nitrogen and oxygen atoms in total. The molecule has 0 amide bonds. The average molecular weight is 293 g/mol. The molecule has 118 valence electrons. The summed E-state index contributed by atoms with van der Waals surface area (Å²) in [5, 5.41) is 3.47. The molecule has 1 unspecified atom stereocenters. The van der Waals surface area contributed by atoms with Gasteiger partial charge in [0, 0.05) is 6.04 Å². The third kappa shape index (κ3) is 5.21. The van der Waals surface area contributed by atoms with Gasteiger partial charge in [0.2, 0.25) is 0 Å². The molecule has 2 rings (SSSR count). The Kier molecular flexibility index (Phi) is 6.33. The monoisotopic (exact) mass is 293 g/mol. The van der Waals surface area contributed by atoms with Crippen LogP contribution in [-0.2, 0) is 4.74 Å². The zero-order valence-electron chi connectivity index (χ0n) is 13.4. The van der Waals surface area contributed by atoms with Gasteiger partial charge in [0.05, 0.1) is 13.7 Å². The molecule has 21 heavy (non-hydrogen) atoms. The first-order chi connectivity index (χ1) is 10.2. The van der Waals surface area contributed by atoms with Crippen molar-refractivity contribution in [2.24, 2.45) is 5.92 Å². The summed E-state index contributed by atoms with van der Waals surface area (Å²) in [6.07, 6.45) is 3.71. The lowest BCUT2D eigenvalue weighted by molar-refractivity contribution is 0.00865. The van der Waals surface area contributed by atoms with E-state index in [2.05, 4.69) is 25.2 Å².